The average Bonchev–Trinajstić information content (AvgIpc) is 3.33. The van der Waals surface area contributed by atoms with E-state index < -0.39 is 30.2 Å². The van der Waals surface area contributed by atoms with Crippen molar-refractivity contribution in [2.75, 3.05) is 18.5 Å². The summed E-state index contributed by atoms with van der Waals surface area (Å²) in [5.41, 5.74) is 7.44. The van der Waals surface area contributed by atoms with Crippen LogP contribution in [0.5, 0.6) is 0 Å². The van der Waals surface area contributed by atoms with Gasteiger partial charge in [-0.3, -0.25) is 14.3 Å². The number of hydrogen-bond acceptors (Lipinski definition) is 8. The lowest BCUT2D eigenvalue weighted by Crippen LogP contribution is -2.51. The Morgan fingerprint density at radius 2 is 2.06 bits per heavy atom. The van der Waals surface area contributed by atoms with E-state index in [9.17, 15) is 18.4 Å². The monoisotopic (exact) mass is 495 g/mol. The van der Waals surface area contributed by atoms with E-state index in [1.807, 2.05) is 6.07 Å². The molecule has 1 aliphatic rings. The van der Waals surface area contributed by atoms with E-state index in [4.69, 9.17) is 11.0 Å². The molecule has 13 heteroatoms. The van der Waals surface area contributed by atoms with Gasteiger partial charge in [0.15, 0.2) is 5.69 Å². The van der Waals surface area contributed by atoms with Gasteiger partial charge < -0.3 is 15.5 Å². The zero-order valence-corrected chi connectivity index (χ0v) is 19.4. The summed E-state index contributed by atoms with van der Waals surface area (Å²) in [6.07, 6.45) is 3.80. The Morgan fingerprint density at radius 1 is 1.28 bits per heavy atom. The molecule has 2 N–H and O–H groups in total. The third kappa shape index (κ3) is 5.12. The fourth-order valence-electron chi connectivity index (χ4n) is 4.08. The molecular weight excluding hydrogens is 472 g/mol. The SMILES string of the molecule is CN(Cc1cn(CCC(F)(F)C(=O)N2CCc3ccccc3C2C(N)=O)nn1)c1cnc(C#N)cn1. The van der Waals surface area contributed by atoms with Crippen LogP contribution in [0.1, 0.15) is 35.0 Å². The minimum Gasteiger partial charge on any atom is -0.368 e. The first-order chi connectivity index (χ1) is 17.2. The van der Waals surface area contributed by atoms with E-state index in [0.717, 1.165) is 10.5 Å². The zero-order chi connectivity index (χ0) is 25.9. The number of halogens is 2. The Labute approximate surface area is 205 Å². The topological polar surface area (TPSA) is 147 Å². The maximum absolute atomic E-state index is 14.9. The molecule has 0 bridgehead atoms. The van der Waals surface area contributed by atoms with Gasteiger partial charge in [0.1, 0.15) is 23.6 Å². The molecule has 1 aromatic carbocycles. The number of anilines is 1. The smallest absolute Gasteiger partial charge is 0.326 e. The lowest BCUT2D eigenvalue weighted by Gasteiger charge is -2.37. The Bertz CT molecular complexity index is 1300. The van der Waals surface area contributed by atoms with Gasteiger partial charge in [-0.05, 0) is 17.5 Å². The summed E-state index contributed by atoms with van der Waals surface area (Å²) in [5.74, 6) is -5.54. The highest BCUT2D eigenvalue weighted by Gasteiger charge is 2.46. The largest absolute Gasteiger partial charge is 0.368 e. The average molecular weight is 495 g/mol. The maximum Gasteiger partial charge on any atom is 0.326 e. The quantitative estimate of drug-likeness (QED) is 0.491. The summed E-state index contributed by atoms with van der Waals surface area (Å²) < 4.78 is 31.1. The second-order valence-corrected chi connectivity index (χ2v) is 8.41. The third-order valence-electron chi connectivity index (χ3n) is 5.91. The summed E-state index contributed by atoms with van der Waals surface area (Å²) in [6.45, 7) is -0.0295. The van der Waals surface area contributed by atoms with Crippen LogP contribution in [-0.4, -0.2) is 61.2 Å². The summed E-state index contributed by atoms with van der Waals surface area (Å²) in [5, 5.41) is 16.7. The van der Waals surface area contributed by atoms with Crippen LogP contribution in [0.25, 0.3) is 0 Å². The highest BCUT2D eigenvalue weighted by molar-refractivity contribution is 5.91. The van der Waals surface area contributed by atoms with E-state index >= 15 is 0 Å². The second-order valence-electron chi connectivity index (χ2n) is 8.41. The molecule has 2 amide bonds. The van der Waals surface area contributed by atoms with Gasteiger partial charge in [-0.1, -0.05) is 29.5 Å². The minimum atomic E-state index is -3.74. The standard InChI is InChI=1S/C23H23F2N9O2/c1-32(19-12-28-16(10-26)11-29-19)13-17-14-33(31-30-17)9-7-23(24,25)22(36)34-8-6-15-4-2-3-5-18(15)20(34)21(27)35/h2-5,11-12,14,20H,6-9,13H2,1H3,(H2,27,35). The van der Waals surface area contributed by atoms with E-state index in [0.29, 0.717) is 23.5 Å². The predicted molar refractivity (Wildman–Crippen MR) is 122 cm³/mol. The number of nitriles is 1. The Morgan fingerprint density at radius 3 is 2.75 bits per heavy atom. The fraction of sp³-hybridized carbons (Fsp3) is 0.348. The number of amides is 2. The summed E-state index contributed by atoms with van der Waals surface area (Å²) >= 11 is 0. The second kappa shape index (κ2) is 10.0. The number of aromatic nitrogens is 5. The summed E-state index contributed by atoms with van der Waals surface area (Å²) in [4.78, 5) is 35.6. The zero-order valence-electron chi connectivity index (χ0n) is 19.4. The van der Waals surface area contributed by atoms with Gasteiger partial charge in [-0.15, -0.1) is 5.10 Å². The van der Waals surface area contributed by atoms with Gasteiger partial charge in [0.25, 0.3) is 5.91 Å². The van der Waals surface area contributed by atoms with Crippen LogP contribution in [0.2, 0.25) is 0 Å². The first-order valence-corrected chi connectivity index (χ1v) is 11.1. The molecule has 0 fully saturated rings. The van der Waals surface area contributed by atoms with Crippen LogP contribution in [-0.2, 0) is 29.1 Å². The lowest BCUT2D eigenvalue weighted by atomic mass is 9.91. The molecule has 0 saturated carbocycles. The summed E-state index contributed by atoms with van der Waals surface area (Å²) in [6, 6.07) is 7.51. The molecular formula is C23H23F2N9O2. The van der Waals surface area contributed by atoms with Crippen LogP contribution >= 0.6 is 0 Å². The van der Waals surface area contributed by atoms with Gasteiger partial charge in [0.2, 0.25) is 5.91 Å². The predicted octanol–water partition coefficient (Wildman–Crippen LogP) is 1.21. The molecule has 3 heterocycles. The number of nitrogens with two attached hydrogens (primary N) is 1. The number of carbonyl (C=O) groups is 2. The molecule has 2 aromatic heterocycles. The molecule has 11 nitrogen and oxygen atoms in total. The Hall–Kier alpha value is -4.47. The van der Waals surface area contributed by atoms with Crippen molar-refractivity contribution in [1.82, 2.24) is 29.9 Å². The first-order valence-electron chi connectivity index (χ1n) is 11.1. The van der Waals surface area contributed by atoms with Crippen molar-refractivity contribution in [3.05, 3.63) is 65.4 Å². The third-order valence-corrected chi connectivity index (χ3v) is 5.91. The molecule has 4 rings (SSSR count). The van der Waals surface area contributed by atoms with Gasteiger partial charge in [0, 0.05) is 26.6 Å². The van der Waals surface area contributed by atoms with Crippen molar-refractivity contribution >= 4 is 17.6 Å². The Kier molecular flexibility index (Phi) is 6.86. The van der Waals surface area contributed by atoms with E-state index in [2.05, 4.69) is 20.3 Å². The highest BCUT2D eigenvalue weighted by Crippen LogP contribution is 2.33. The van der Waals surface area contributed by atoms with Crippen LogP contribution in [0.3, 0.4) is 0 Å². The fourth-order valence-corrected chi connectivity index (χ4v) is 4.08. The first kappa shape index (κ1) is 24.6. The van der Waals surface area contributed by atoms with E-state index in [-0.39, 0.29) is 25.3 Å². The number of primary amides is 1. The molecule has 1 aliphatic heterocycles. The van der Waals surface area contributed by atoms with Crippen molar-refractivity contribution in [1.29, 1.82) is 5.26 Å². The number of carbonyl (C=O) groups excluding carboxylic acids is 2. The van der Waals surface area contributed by atoms with Crippen molar-refractivity contribution in [3.8, 4) is 6.07 Å². The van der Waals surface area contributed by atoms with Crippen LogP contribution in [0.15, 0.2) is 42.9 Å². The van der Waals surface area contributed by atoms with Crippen molar-refractivity contribution in [2.24, 2.45) is 5.73 Å². The molecule has 0 spiro atoms. The van der Waals surface area contributed by atoms with Gasteiger partial charge in [-0.25, -0.2) is 9.97 Å². The number of nitrogens with zero attached hydrogens (tertiary/aromatic N) is 8. The minimum absolute atomic E-state index is 0.0307. The highest BCUT2D eigenvalue weighted by atomic mass is 19.3. The van der Waals surface area contributed by atoms with Gasteiger partial charge >= 0.3 is 5.92 Å². The molecule has 1 unspecified atom stereocenters. The van der Waals surface area contributed by atoms with Crippen LogP contribution in [0.4, 0.5) is 14.6 Å². The number of alkyl halides is 2. The van der Waals surface area contributed by atoms with Gasteiger partial charge in [-0.2, -0.15) is 14.0 Å². The molecule has 1 atom stereocenters. The van der Waals surface area contributed by atoms with E-state index in [1.54, 1.807) is 36.2 Å². The molecule has 36 heavy (non-hydrogen) atoms. The van der Waals surface area contributed by atoms with Crippen molar-refractivity contribution < 1.29 is 18.4 Å². The van der Waals surface area contributed by atoms with Gasteiger partial charge in [0.05, 0.1) is 25.1 Å². The number of fused-ring (bicyclic) bond motifs is 1. The molecule has 0 radical (unpaired) electrons. The number of rotatable bonds is 8. The number of benzene rings is 1. The molecule has 0 aliphatic carbocycles. The molecule has 0 saturated heterocycles. The van der Waals surface area contributed by atoms with Crippen LogP contribution < -0.4 is 10.6 Å². The lowest BCUT2D eigenvalue weighted by molar-refractivity contribution is -0.164. The molecule has 3 aromatic rings. The Balaban J connectivity index is 1.39. The van der Waals surface area contributed by atoms with Crippen molar-refractivity contribution in [3.63, 3.8) is 0 Å². The maximum atomic E-state index is 14.9. The number of aryl methyl sites for hydroxylation is 1. The molecule has 186 valence electrons. The van der Waals surface area contributed by atoms with Crippen LogP contribution in [0, 0.1) is 11.3 Å². The van der Waals surface area contributed by atoms with E-state index in [1.165, 1.54) is 23.3 Å². The normalized spacial score (nSPS) is 15.2. The number of hydrogen-bond donors (Lipinski definition) is 1. The van der Waals surface area contributed by atoms with Crippen molar-refractivity contribution in [2.45, 2.75) is 37.9 Å². The summed E-state index contributed by atoms with van der Waals surface area (Å²) in [7, 11) is 1.73.